The normalized spacial score (nSPS) is 10.6. The molecule has 2 aromatic heterocycles. The number of hydrogen-bond acceptors (Lipinski definition) is 7. The van der Waals surface area contributed by atoms with Crippen LogP contribution < -0.4 is 5.32 Å². The Bertz CT molecular complexity index is 1160. The molecule has 32 heavy (non-hydrogen) atoms. The summed E-state index contributed by atoms with van der Waals surface area (Å²) in [4.78, 5) is 26.4. The van der Waals surface area contributed by atoms with Crippen molar-refractivity contribution in [1.82, 2.24) is 25.5 Å². The van der Waals surface area contributed by atoms with E-state index in [9.17, 15) is 9.59 Å². The number of amides is 1. The molecule has 0 aliphatic carbocycles. The van der Waals surface area contributed by atoms with Crippen LogP contribution in [0.1, 0.15) is 32.0 Å². The van der Waals surface area contributed by atoms with Crippen molar-refractivity contribution < 1.29 is 14.3 Å². The number of ether oxygens (including phenoxy) is 1. The zero-order valence-electron chi connectivity index (χ0n) is 17.2. The van der Waals surface area contributed by atoms with E-state index in [0.29, 0.717) is 35.8 Å². The minimum Gasteiger partial charge on any atom is -0.462 e. The van der Waals surface area contributed by atoms with Gasteiger partial charge in [0, 0.05) is 18.5 Å². The van der Waals surface area contributed by atoms with Gasteiger partial charge in [-0.05, 0) is 34.4 Å². The molecule has 0 saturated carbocycles. The van der Waals surface area contributed by atoms with Crippen LogP contribution in [0.3, 0.4) is 0 Å². The lowest BCUT2D eigenvalue weighted by atomic mass is 10.1. The Labute approximate surface area is 188 Å². The largest absolute Gasteiger partial charge is 0.462 e. The fourth-order valence-electron chi connectivity index (χ4n) is 2.93. The number of aryl methyl sites for hydroxylation is 1. The van der Waals surface area contributed by atoms with E-state index in [2.05, 4.69) is 20.7 Å². The van der Waals surface area contributed by atoms with Crippen molar-refractivity contribution in [2.45, 2.75) is 19.5 Å². The average molecular weight is 448 g/mol. The van der Waals surface area contributed by atoms with Gasteiger partial charge in [0.25, 0.3) is 5.91 Å². The van der Waals surface area contributed by atoms with Crippen molar-refractivity contribution in [3.05, 3.63) is 88.1 Å². The summed E-state index contributed by atoms with van der Waals surface area (Å²) in [6, 6.07) is 20.2. The minimum absolute atomic E-state index is 0.110. The maximum Gasteiger partial charge on any atom is 0.338 e. The van der Waals surface area contributed by atoms with Crippen LogP contribution in [0, 0.1) is 0 Å². The predicted molar refractivity (Wildman–Crippen MR) is 120 cm³/mol. The third-order valence-electron chi connectivity index (χ3n) is 4.61. The smallest absolute Gasteiger partial charge is 0.338 e. The average Bonchev–Trinajstić information content (AvgIpc) is 3.54. The molecule has 0 bridgehead atoms. The zero-order chi connectivity index (χ0) is 22.2. The highest BCUT2D eigenvalue weighted by Gasteiger charge is 2.09. The Morgan fingerprint density at radius 1 is 1.00 bits per heavy atom. The zero-order valence-corrected chi connectivity index (χ0v) is 18.0. The van der Waals surface area contributed by atoms with Crippen LogP contribution in [0.5, 0.6) is 0 Å². The third-order valence-corrected chi connectivity index (χ3v) is 5.48. The number of esters is 1. The molecule has 0 radical (unpaired) electrons. The summed E-state index contributed by atoms with van der Waals surface area (Å²) in [7, 11) is 0. The third kappa shape index (κ3) is 5.64. The lowest BCUT2D eigenvalue weighted by molar-refractivity contribution is 0.0493. The van der Waals surface area contributed by atoms with Crippen molar-refractivity contribution in [1.29, 1.82) is 0 Å². The molecule has 162 valence electrons. The van der Waals surface area contributed by atoms with Gasteiger partial charge in [0.1, 0.15) is 0 Å². The Morgan fingerprint density at radius 2 is 1.81 bits per heavy atom. The molecule has 0 aliphatic rings. The maximum absolute atomic E-state index is 12.2. The number of nitrogens with one attached hydrogen (secondary N) is 1. The van der Waals surface area contributed by atoms with E-state index in [1.54, 1.807) is 30.3 Å². The van der Waals surface area contributed by atoms with E-state index in [1.165, 1.54) is 16.1 Å². The summed E-state index contributed by atoms with van der Waals surface area (Å²) in [6.45, 7) is 1.14. The van der Waals surface area contributed by atoms with Gasteiger partial charge in [-0.3, -0.25) is 4.79 Å². The van der Waals surface area contributed by atoms with Gasteiger partial charge in [0.05, 0.1) is 23.6 Å². The first-order valence-electron chi connectivity index (χ1n) is 10.1. The number of carbonyl (C=O) groups excluding carboxylic acids is 2. The van der Waals surface area contributed by atoms with Crippen molar-refractivity contribution >= 4 is 23.2 Å². The van der Waals surface area contributed by atoms with Gasteiger partial charge < -0.3 is 10.1 Å². The number of thiophene rings is 1. The van der Waals surface area contributed by atoms with Crippen LogP contribution in [0.15, 0.2) is 72.1 Å². The van der Waals surface area contributed by atoms with E-state index in [-0.39, 0.29) is 12.5 Å². The molecule has 2 heterocycles. The SMILES string of the molecule is O=C(OCCCn1nnc(-c2ccccc2)n1)c1ccc(CNC(=O)c2cccs2)cc1. The van der Waals surface area contributed by atoms with Crippen molar-refractivity contribution in [3.63, 3.8) is 0 Å². The molecule has 1 N–H and O–H groups in total. The number of hydrogen-bond donors (Lipinski definition) is 1. The lowest BCUT2D eigenvalue weighted by Gasteiger charge is -2.07. The number of aromatic nitrogens is 4. The van der Waals surface area contributed by atoms with Crippen LogP contribution in [-0.4, -0.2) is 38.7 Å². The fraction of sp³-hybridized carbons (Fsp3) is 0.174. The van der Waals surface area contributed by atoms with E-state index < -0.39 is 5.97 Å². The maximum atomic E-state index is 12.2. The van der Waals surface area contributed by atoms with Crippen LogP contribution in [0.4, 0.5) is 0 Å². The molecular weight excluding hydrogens is 426 g/mol. The lowest BCUT2D eigenvalue weighted by Crippen LogP contribution is -2.21. The minimum atomic E-state index is -0.393. The van der Waals surface area contributed by atoms with E-state index in [1.807, 2.05) is 41.8 Å². The summed E-state index contributed by atoms with van der Waals surface area (Å²) in [6.07, 6.45) is 0.573. The Morgan fingerprint density at radius 3 is 2.56 bits per heavy atom. The quantitative estimate of drug-likeness (QED) is 0.311. The van der Waals surface area contributed by atoms with Gasteiger partial charge >= 0.3 is 5.97 Å². The van der Waals surface area contributed by atoms with Crippen LogP contribution in [-0.2, 0) is 17.8 Å². The van der Waals surface area contributed by atoms with Crippen molar-refractivity contribution in [2.75, 3.05) is 6.61 Å². The first-order chi connectivity index (χ1) is 15.7. The summed E-state index contributed by atoms with van der Waals surface area (Å²) < 4.78 is 5.33. The van der Waals surface area contributed by atoms with Gasteiger partial charge in [-0.1, -0.05) is 48.5 Å². The van der Waals surface area contributed by atoms with Gasteiger partial charge in [-0.15, -0.1) is 21.5 Å². The van der Waals surface area contributed by atoms with E-state index in [0.717, 1.165) is 11.1 Å². The number of tetrazole rings is 1. The number of benzene rings is 2. The molecule has 2 aromatic carbocycles. The molecule has 4 rings (SSSR count). The second-order valence-electron chi connectivity index (χ2n) is 6.92. The first kappa shape index (κ1) is 21.4. The van der Waals surface area contributed by atoms with Gasteiger partial charge in [0.15, 0.2) is 0 Å². The summed E-state index contributed by atoms with van der Waals surface area (Å²) in [5.74, 6) is 0.0613. The monoisotopic (exact) mass is 447 g/mol. The molecule has 4 aromatic rings. The molecular formula is C23H21N5O3S. The Balaban J connectivity index is 1.19. The molecule has 1 amide bonds. The highest BCUT2D eigenvalue weighted by molar-refractivity contribution is 7.12. The van der Waals surface area contributed by atoms with E-state index >= 15 is 0 Å². The molecule has 8 nitrogen and oxygen atoms in total. The Hall–Kier alpha value is -3.85. The number of nitrogens with zero attached hydrogens (tertiary/aromatic N) is 4. The molecule has 0 aliphatic heterocycles. The topological polar surface area (TPSA) is 99.0 Å². The summed E-state index contributed by atoms with van der Waals surface area (Å²) in [5.41, 5.74) is 2.27. The molecule has 0 unspecified atom stereocenters. The standard InChI is InChI=1S/C23H21N5O3S/c29-22(20-8-4-15-32-20)24-16-17-9-11-19(12-10-17)23(30)31-14-5-13-28-26-21(25-27-28)18-6-2-1-3-7-18/h1-4,6-12,15H,5,13-14,16H2,(H,24,29). The predicted octanol–water partition coefficient (Wildman–Crippen LogP) is 3.58. The highest BCUT2D eigenvalue weighted by Crippen LogP contribution is 2.12. The van der Waals surface area contributed by atoms with Gasteiger partial charge in [0.2, 0.25) is 5.82 Å². The first-order valence-corrected chi connectivity index (χ1v) is 11.0. The second kappa shape index (κ2) is 10.5. The summed E-state index contributed by atoms with van der Waals surface area (Å²) in [5, 5.41) is 17.1. The molecule has 0 atom stereocenters. The van der Waals surface area contributed by atoms with Gasteiger partial charge in [-0.2, -0.15) is 4.80 Å². The van der Waals surface area contributed by atoms with Crippen LogP contribution in [0.25, 0.3) is 11.4 Å². The molecule has 0 fully saturated rings. The van der Waals surface area contributed by atoms with E-state index in [4.69, 9.17) is 4.74 Å². The molecule has 9 heteroatoms. The fourth-order valence-corrected chi connectivity index (χ4v) is 3.57. The van der Waals surface area contributed by atoms with Crippen molar-refractivity contribution in [3.8, 4) is 11.4 Å². The Kier molecular flexibility index (Phi) is 6.98. The summed E-state index contributed by atoms with van der Waals surface area (Å²) >= 11 is 1.39. The van der Waals surface area contributed by atoms with Crippen molar-refractivity contribution in [2.24, 2.45) is 0 Å². The second-order valence-corrected chi connectivity index (χ2v) is 7.87. The van der Waals surface area contributed by atoms with Crippen LogP contribution in [0.2, 0.25) is 0 Å². The molecule has 0 spiro atoms. The van der Waals surface area contributed by atoms with Crippen LogP contribution >= 0.6 is 11.3 Å². The molecule has 0 saturated heterocycles. The van der Waals surface area contributed by atoms with Gasteiger partial charge in [-0.25, -0.2) is 4.79 Å². The highest BCUT2D eigenvalue weighted by atomic mass is 32.1. The number of carbonyl (C=O) groups is 2. The number of rotatable bonds is 9.